The highest BCUT2D eigenvalue weighted by Crippen LogP contribution is 2.29. The third-order valence-electron chi connectivity index (χ3n) is 2.71. The fourth-order valence-corrected chi connectivity index (χ4v) is 3.46. The average molecular weight is 341 g/mol. The van der Waals surface area contributed by atoms with E-state index >= 15 is 0 Å². The molecule has 21 heavy (non-hydrogen) atoms. The average Bonchev–Trinajstić information content (AvgIpc) is 3.04. The van der Waals surface area contributed by atoms with E-state index in [0.29, 0.717) is 11.5 Å². The van der Waals surface area contributed by atoms with Gasteiger partial charge < -0.3 is 0 Å². The minimum absolute atomic E-state index is 0.309. The van der Waals surface area contributed by atoms with Crippen LogP contribution in [0.2, 0.25) is 0 Å². The molecule has 1 aromatic carbocycles. The van der Waals surface area contributed by atoms with Gasteiger partial charge in [0.2, 0.25) is 0 Å². The van der Waals surface area contributed by atoms with Crippen LogP contribution in [-0.4, -0.2) is 28.2 Å². The van der Waals surface area contributed by atoms with E-state index in [9.17, 15) is 8.42 Å². The molecule has 3 aromatic rings. The molecule has 0 N–H and O–H groups in total. The lowest BCUT2D eigenvalue weighted by atomic mass is 10.3. The third-order valence-corrected chi connectivity index (χ3v) is 4.73. The van der Waals surface area contributed by atoms with Gasteiger partial charge in [0.25, 0.3) is 14.2 Å². The minimum Gasteiger partial charge on any atom is -0.264 e. The fourth-order valence-electron chi connectivity index (χ4n) is 1.86. The van der Waals surface area contributed by atoms with E-state index in [-0.39, 0.29) is 5.16 Å². The first kappa shape index (κ1) is 14.2. The predicted molar refractivity (Wildman–Crippen MR) is 80.2 cm³/mol. The van der Waals surface area contributed by atoms with E-state index < -0.39 is 9.05 Å². The number of halogens is 1. The Morgan fingerprint density at radius 3 is 2.48 bits per heavy atom. The van der Waals surface area contributed by atoms with E-state index in [1.54, 1.807) is 30.5 Å². The van der Waals surface area contributed by atoms with Crippen molar-refractivity contribution in [3.05, 3.63) is 41.5 Å². The van der Waals surface area contributed by atoms with Gasteiger partial charge in [-0.1, -0.05) is 18.2 Å². The zero-order valence-electron chi connectivity index (χ0n) is 10.8. The highest BCUT2D eigenvalue weighted by Gasteiger charge is 2.25. The summed E-state index contributed by atoms with van der Waals surface area (Å²) in [6.45, 7) is 1.86. The van der Waals surface area contributed by atoms with Crippen LogP contribution in [-0.2, 0) is 9.05 Å². The van der Waals surface area contributed by atoms with Gasteiger partial charge in [0.15, 0.2) is 5.82 Å². The van der Waals surface area contributed by atoms with Gasteiger partial charge in [-0.2, -0.15) is 0 Å². The number of aryl methyl sites for hydroxylation is 1. The topological polar surface area (TPSA) is 77.7 Å². The number of aromatic nitrogens is 4. The number of rotatable bonds is 3. The van der Waals surface area contributed by atoms with Crippen molar-refractivity contribution in [1.82, 2.24) is 19.7 Å². The monoisotopic (exact) mass is 340 g/mol. The van der Waals surface area contributed by atoms with Crippen molar-refractivity contribution in [2.75, 3.05) is 0 Å². The Morgan fingerprint density at radius 2 is 1.90 bits per heavy atom. The van der Waals surface area contributed by atoms with Crippen LogP contribution in [0, 0.1) is 6.92 Å². The summed E-state index contributed by atoms with van der Waals surface area (Å²) in [6.07, 6.45) is 1.63. The molecule has 0 saturated carbocycles. The molecule has 108 valence electrons. The van der Waals surface area contributed by atoms with E-state index in [1.165, 1.54) is 15.9 Å². The maximum atomic E-state index is 11.7. The van der Waals surface area contributed by atoms with Gasteiger partial charge in [-0.25, -0.2) is 13.4 Å². The van der Waals surface area contributed by atoms with Crippen LogP contribution in [0.3, 0.4) is 0 Å². The van der Waals surface area contributed by atoms with Gasteiger partial charge in [0.1, 0.15) is 0 Å². The normalized spacial score (nSPS) is 11.7. The SMILES string of the molecule is Cc1ncc(-c2nnc(S(=O)(=O)Cl)n2-c2ccccc2)s1. The molecule has 0 spiro atoms. The Bertz CT molecular complexity index is 887. The molecule has 0 fully saturated rings. The maximum absolute atomic E-state index is 11.7. The summed E-state index contributed by atoms with van der Waals surface area (Å²) >= 11 is 1.40. The van der Waals surface area contributed by atoms with Gasteiger partial charge in [-0.3, -0.25) is 4.57 Å². The van der Waals surface area contributed by atoms with E-state index in [2.05, 4.69) is 15.2 Å². The molecule has 0 unspecified atom stereocenters. The van der Waals surface area contributed by atoms with Crippen molar-refractivity contribution < 1.29 is 8.42 Å². The molecule has 0 radical (unpaired) electrons. The molecule has 2 heterocycles. The Labute approximate surface area is 129 Å². The van der Waals surface area contributed by atoms with Crippen molar-refractivity contribution in [1.29, 1.82) is 0 Å². The zero-order chi connectivity index (χ0) is 15.0. The Kier molecular flexibility index (Phi) is 3.52. The first-order valence-electron chi connectivity index (χ1n) is 5.85. The van der Waals surface area contributed by atoms with Crippen LogP contribution in [0.4, 0.5) is 0 Å². The number of para-hydroxylation sites is 1. The second kappa shape index (κ2) is 5.21. The number of hydrogen-bond donors (Lipinski definition) is 0. The highest BCUT2D eigenvalue weighted by atomic mass is 35.7. The Morgan fingerprint density at radius 1 is 1.19 bits per heavy atom. The maximum Gasteiger partial charge on any atom is 0.297 e. The zero-order valence-corrected chi connectivity index (χ0v) is 13.2. The van der Waals surface area contributed by atoms with Crippen LogP contribution in [0.15, 0.2) is 41.7 Å². The molecule has 0 atom stereocenters. The van der Waals surface area contributed by atoms with Crippen LogP contribution >= 0.6 is 22.0 Å². The molecule has 0 bridgehead atoms. The highest BCUT2D eigenvalue weighted by molar-refractivity contribution is 8.13. The fraction of sp³-hybridized carbons (Fsp3) is 0.0833. The molecule has 0 aliphatic heterocycles. The molecule has 9 heteroatoms. The number of nitrogens with zero attached hydrogens (tertiary/aromatic N) is 4. The number of hydrogen-bond acceptors (Lipinski definition) is 6. The summed E-state index contributed by atoms with van der Waals surface area (Å²) in [6, 6.07) is 8.93. The minimum atomic E-state index is -4.02. The first-order chi connectivity index (χ1) is 9.97. The third kappa shape index (κ3) is 2.69. The van der Waals surface area contributed by atoms with E-state index in [4.69, 9.17) is 10.7 Å². The van der Waals surface area contributed by atoms with Crippen molar-refractivity contribution in [2.24, 2.45) is 0 Å². The summed E-state index contributed by atoms with van der Waals surface area (Å²) in [5.74, 6) is 0.394. The summed E-state index contributed by atoms with van der Waals surface area (Å²) in [7, 11) is 1.44. The second-order valence-electron chi connectivity index (χ2n) is 4.16. The van der Waals surface area contributed by atoms with Crippen LogP contribution < -0.4 is 0 Å². The Hall–Kier alpha value is -1.77. The quantitative estimate of drug-likeness (QED) is 0.685. The summed E-state index contributed by atoms with van der Waals surface area (Å²) < 4.78 is 24.8. The standard InChI is InChI=1S/C12H9ClN4O2S2/c1-8-14-7-10(20-8)11-15-16-12(21(13,18)19)17(11)9-5-3-2-4-6-9/h2-7H,1H3. The molecule has 0 aliphatic rings. The first-order valence-corrected chi connectivity index (χ1v) is 8.98. The van der Waals surface area contributed by atoms with Gasteiger partial charge in [0.05, 0.1) is 9.88 Å². The lowest BCUT2D eigenvalue weighted by Gasteiger charge is -2.07. The lowest BCUT2D eigenvalue weighted by Crippen LogP contribution is -2.05. The summed E-state index contributed by atoms with van der Waals surface area (Å²) in [5.41, 5.74) is 0.614. The molecule has 2 aromatic heterocycles. The van der Waals surface area contributed by atoms with E-state index in [0.717, 1.165) is 9.88 Å². The molecule has 0 aliphatic carbocycles. The summed E-state index contributed by atoms with van der Waals surface area (Å²) in [5, 5.41) is 8.22. The van der Waals surface area contributed by atoms with Crippen molar-refractivity contribution in [3.63, 3.8) is 0 Å². The van der Waals surface area contributed by atoms with Crippen LogP contribution in [0.25, 0.3) is 16.4 Å². The molecule has 0 amide bonds. The van der Waals surface area contributed by atoms with Crippen molar-refractivity contribution in [3.8, 4) is 16.4 Å². The molecule has 0 saturated heterocycles. The van der Waals surface area contributed by atoms with Crippen LogP contribution in [0.1, 0.15) is 5.01 Å². The number of benzene rings is 1. The molecular weight excluding hydrogens is 332 g/mol. The van der Waals surface area contributed by atoms with Crippen molar-refractivity contribution in [2.45, 2.75) is 12.1 Å². The molecular formula is C12H9ClN4O2S2. The number of thiazole rings is 1. The lowest BCUT2D eigenvalue weighted by molar-refractivity contribution is 0.597. The van der Waals surface area contributed by atoms with Crippen molar-refractivity contribution >= 4 is 31.1 Å². The van der Waals surface area contributed by atoms with Gasteiger partial charge >= 0.3 is 0 Å². The van der Waals surface area contributed by atoms with E-state index in [1.807, 2.05) is 13.0 Å². The predicted octanol–water partition coefficient (Wildman–Crippen LogP) is 2.63. The molecule has 6 nitrogen and oxygen atoms in total. The smallest absolute Gasteiger partial charge is 0.264 e. The largest absolute Gasteiger partial charge is 0.297 e. The Balaban J connectivity index is 2.30. The molecule has 3 rings (SSSR count). The summed E-state index contributed by atoms with van der Waals surface area (Å²) in [4.78, 5) is 4.87. The van der Waals surface area contributed by atoms with Gasteiger partial charge in [-0.15, -0.1) is 21.5 Å². The van der Waals surface area contributed by atoms with Gasteiger partial charge in [0, 0.05) is 22.6 Å². The van der Waals surface area contributed by atoms with Gasteiger partial charge in [-0.05, 0) is 19.1 Å². The second-order valence-corrected chi connectivity index (χ2v) is 7.85. The van der Waals surface area contributed by atoms with Crippen LogP contribution in [0.5, 0.6) is 0 Å².